The van der Waals surface area contributed by atoms with E-state index >= 15 is 0 Å². The standard InChI is InChI=1S/C15H13ClF2N4O/c1-2-8-21(14(23)6-5-13(17)18)12-10-22(20-15(12)16)11-4-3-7-19-9-11/h1,3-4,7,9-10,13H,5-6,8H2. The van der Waals surface area contributed by atoms with Crippen LogP contribution >= 0.6 is 11.6 Å². The zero-order valence-corrected chi connectivity index (χ0v) is 12.7. The number of rotatable bonds is 6. The zero-order valence-electron chi connectivity index (χ0n) is 12.0. The van der Waals surface area contributed by atoms with Crippen LogP contribution in [0.1, 0.15) is 12.8 Å². The Hall–Kier alpha value is -2.46. The van der Waals surface area contributed by atoms with Gasteiger partial charge in [0.1, 0.15) is 5.69 Å². The van der Waals surface area contributed by atoms with Crippen molar-refractivity contribution in [2.24, 2.45) is 0 Å². The van der Waals surface area contributed by atoms with Crippen LogP contribution < -0.4 is 4.90 Å². The Morgan fingerprint density at radius 1 is 1.52 bits per heavy atom. The van der Waals surface area contributed by atoms with Crippen molar-refractivity contribution in [3.05, 3.63) is 35.9 Å². The van der Waals surface area contributed by atoms with E-state index in [9.17, 15) is 13.6 Å². The minimum atomic E-state index is -2.56. The van der Waals surface area contributed by atoms with Crippen LogP contribution in [-0.2, 0) is 4.79 Å². The van der Waals surface area contributed by atoms with Crippen LogP contribution in [0.15, 0.2) is 30.7 Å². The first-order valence-corrected chi connectivity index (χ1v) is 7.08. The Labute approximate surface area is 136 Å². The molecule has 0 saturated carbocycles. The lowest BCUT2D eigenvalue weighted by atomic mass is 10.2. The molecule has 0 aliphatic rings. The molecule has 5 nitrogen and oxygen atoms in total. The SMILES string of the molecule is C#CCN(C(=O)CCC(F)F)c1cn(-c2cccnc2)nc1Cl. The number of anilines is 1. The van der Waals surface area contributed by atoms with Gasteiger partial charge in [-0.25, -0.2) is 13.5 Å². The minimum absolute atomic E-state index is 0.0505. The van der Waals surface area contributed by atoms with Crippen molar-refractivity contribution in [2.45, 2.75) is 19.3 Å². The maximum Gasteiger partial charge on any atom is 0.239 e. The first-order valence-electron chi connectivity index (χ1n) is 6.70. The first-order chi connectivity index (χ1) is 11.0. The van der Waals surface area contributed by atoms with Crippen molar-refractivity contribution in [1.82, 2.24) is 14.8 Å². The lowest BCUT2D eigenvalue weighted by molar-refractivity contribution is -0.119. The third-order valence-electron chi connectivity index (χ3n) is 2.98. The fourth-order valence-electron chi connectivity index (χ4n) is 1.91. The van der Waals surface area contributed by atoms with Gasteiger partial charge in [-0.2, -0.15) is 5.10 Å². The number of carbonyl (C=O) groups excluding carboxylic acids is 1. The van der Waals surface area contributed by atoms with Crippen LogP contribution in [0.5, 0.6) is 0 Å². The van der Waals surface area contributed by atoms with Gasteiger partial charge in [-0.15, -0.1) is 6.42 Å². The summed E-state index contributed by atoms with van der Waals surface area (Å²) in [5.41, 5.74) is 0.911. The van der Waals surface area contributed by atoms with Gasteiger partial charge in [0.05, 0.1) is 24.6 Å². The topological polar surface area (TPSA) is 51.0 Å². The van der Waals surface area contributed by atoms with E-state index < -0.39 is 18.8 Å². The summed E-state index contributed by atoms with van der Waals surface area (Å²) in [6.45, 7) is -0.0828. The maximum atomic E-state index is 12.3. The highest BCUT2D eigenvalue weighted by atomic mass is 35.5. The molecule has 8 heteroatoms. The molecule has 2 rings (SSSR count). The highest BCUT2D eigenvalue weighted by Gasteiger charge is 2.21. The molecule has 0 fully saturated rings. The molecular formula is C15H13ClF2N4O. The second-order valence-electron chi connectivity index (χ2n) is 4.57. The van der Waals surface area contributed by atoms with Gasteiger partial charge in [0.2, 0.25) is 12.3 Å². The lowest BCUT2D eigenvalue weighted by Crippen LogP contribution is -2.31. The highest BCUT2D eigenvalue weighted by molar-refractivity contribution is 6.32. The highest BCUT2D eigenvalue weighted by Crippen LogP contribution is 2.26. The van der Waals surface area contributed by atoms with Crippen molar-refractivity contribution in [3.8, 4) is 18.0 Å². The number of amides is 1. The predicted octanol–water partition coefficient (Wildman–Crippen LogP) is 2.93. The molecule has 0 spiro atoms. The smallest absolute Gasteiger partial charge is 0.239 e. The molecule has 0 saturated heterocycles. The number of pyridine rings is 1. The van der Waals surface area contributed by atoms with Crippen LogP contribution in [0.2, 0.25) is 5.15 Å². The summed E-state index contributed by atoms with van der Waals surface area (Å²) in [7, 11) is 0. The number of terminal acetylenes is 1. The quantitative estimate of drug-likeness (QED) is 0.761. The Bertz CT molecular complexity index is 712. The molecule has 0 radical (unpaired) electrons. The molecule has 0 atom stereocenters. The molecular weight excluding hydrogens is 326 g/mol. The van der Waals surface area contributed by atoms with Gasteiger partial charge in [0.25, 0.3) is 0 Å². The molecule has 0 unspecified atom stereocenters. The monoisotopic (exact) mass is 338 g/mol. The summed E-state index contributed by atoms with van der Waals surface area (Å²) < 4.78 is 26.0. The number of nitrogens with zero attached hydrogens (tertiary/aromatic N) is 4. The van der Waals surface area contributed by atoms with Gasteiger partial charge in [0.15, 0.2) is 5.15 Å². The lowest BCUT2D eigenvalue weighted by Gasteiger charge is -2.18. The predicted molar refractivity (Wildman–Crippen MR) is 82.8 cm³/mol. The fraction of sp³-hybridized carbons (Fsp3) is 0.267. The molecule has 0 N–H and O–H groups in total. The molecule has 2 aromatic heterocycles. The summed E-state index contributed by atoms with van der Waals surface area (Å²) in [6.07, 6.45) is 6.52. The molecule has 0 aromatic carbocycles. The van der Waals surface area contributed by atoms with E-state index in [2.05, 4.69) is 16.0 Å². The summed E-state index contributed by atoms with van der Waals surface area (Å²) in [5, 5.41) is 4.14. The summed E-state index contributed by atoms with van der Waals surface area (Å²) in [5.74, 6) is 1.79. The molecule has 2 aromatic rings. The van der Waals surface area contributed by atoms with Gasteiger partial charge in [-0.1, -0.05) is 17.5 Å². The van der Waals surface area contributed by atoms with E-state index in [1.54, 1.807) is 24.5 Å². The average molecular weight is 339 g/mol. The molecule has 1 amide bonds. The molecule has 0 aliphatic heterocycles. The van der Waals surface area contributed by atoms with Gasteiger partial charge in [0, 0.05) is 19.0 Å². The molecule has 0 bridgehead atoms. The van der Waals surface area contributed by atoms with Crippen molar-refractivity contribution < 1.29 is 13.6 Å². The first kappa shape index (κ1) is 16.9. The number of carbonyl (C=O) groups is 1. The second-order valence-corrected chi connectivity index (χ2v) is 4.93. The fourth-order valence-corrected chi connectivity index (χ4v) is 2.15. The van der Waals surface area contributed by atoms with Crippen molar-refractivity contribution in [3.63, 3.8) is 0 Å². The molecule has 120 valence electrons. The number of hydrogen-bond donors (Lipinski definition) is 0. The van der Waals surface area contributed by atoms with Gasteiger partial charge in [-0.3, -0.25) is 14.7 Å². The summed E-state index contributed by atoms with van der Waals surface area (Å²) in [4.78, 5) is 17.3. The van der Waals surface area contributed by atoms with Crippen LogP contribution in [0.25, 0.3) is 5.69 Å². The average Bonchev–Trinajstić information content (AvgIpc) is 2.93. The molecule has 0 aliphatic carbocycles. The number of hydrogen-bond acceptors (Lipinski definition) is 3. The largest absolute Gasteiger partial charge is 0.296 e. The Morgan fingerprint density at radius 2 is 2.30 bits per heavy atom. The van der Waals surface area contributed by atoms with Crippen LogP contribution in [0, 0.1) is 12.3 Å². The van der Waals surface area contributed by atoms with Crippen LogP contribution in [0.4, 0.5) is 14.5 Å². The summed E-state index contributed by atoms with van der Waals surface area (Å²) in [6, 6.07) is 3.47. The van der Waals surface area contributed by atoms with Gasteiger partial charge >= 0.3 is 0 Å². The van der Waals surface area contributed by atoms with Crippen LogP contribution in [0.3, 0.4) is 0 Å². The van der Waals surface area contributed by atoms with E-state index in [0.717, 1.165) is 0 Å². The van der Waals surface area contributed by atoms with E-state index in [1.165, 1.54) is 15.8 Å². The zero-order chi connectivity index (χ0) is 16.8. The summed E-state index contributed by atoms with van der Waals surface area (Å²) >= 11 is 6.07. The van der Waals surface area contributed by atoms with Gasteiger partial charge < -0.3 is 0 Å². The maximum absolute atomic E-state index is 12.3. The Morgan fingerprint density at radius 3 is 2.91 bits per heavy atom. The Balaban J connectivity index is 2.28. The normalized spacial score (nSPS) is 10.6. The van der Waals surface area contributed by atoms with Crippen molar-refractivity contribution in [1.29, 1.82) is 0 Å². The molecule has 23 heavy (non-hydrogen) atoms. The van der Waals surface area contributed by atoms with E-state index in [-0.39, 0.29) is 23.8 Å². The third kappa shape index (κ3) is 4.27. The minimum Gasteiger partial charge on any atom is -0.296 e. The van der Waals surface area contributed by atoms with E-state index in [1.807, 2.05) is 0 Å². The van der Waals surface area contributed by atoms with Crippen LogP contribution in [-0.4, -0.2) is 33.6 Å². The second kappa shape index (κ2) is 7.70. The van der Waals surface area contributed by atoms with Gasteiger partial charge in [-0.05, 0) is 12.1 Å². The molecule has 2 heterocycles. The van der Waals surface area contributed by atoms with Crippen molar-refractivity contribution in [2.75, 3.05) is 11.4 Å². The third-order valence-corrected chi connectivity index (χ3v) is 3.25. The Kier molecular flexibility index (Phi) is 5.66. The van der Waals surface area contributed by atoms with Crippen molar-refractivity contribution >= 4 is 23.2 Å². The van der Waals surface area contributed by atoms with E-state index in [4.69, 9.17) is 18.0 Å². The van der Waals surface area contributed by atoms with E-state index in [0.29, 0.717) is 5.69 Å². The number of halogens is 3. The number of alkyl halides is 2. The number of aromatic nitrogens is 3.